The SMILES string of the molecule is Nc1c(N=Nc2ccc3c(O)c(N=Nc4cc(Cl)c(N=Nc5c(C(=O)[O-])nn(-c6ccc(S(=O)(=O)[O-])cc6)c5O)c(S(=O)(=O)[O-])c4)c(S(=O)(=O)[O-])cc3c2S(=O)(=O)[O-])cc(S(=O)(=O)[O-])c2c[c-]c(N=Nc3ccc([N+](=O)[O-])cc3S(=O)(=O)[O-])c(O)c12.[Li+].[Li+].[Li+].[Li+].[Li+].[Li+].[Li+].[Li+]. The minimum atomic E-state index is -6.02. The van der Waals surface area contributed by atoms with Crippen molar-refractivity contribution in [3.05, 3.63) is 112 Å². The summed E-state index contributed by atoms with van der Waals surface area (Å²) in [5, 5.41) is 83.8. The second-order valence-electron chi connectivity index (χ2n) is 16.6. The Balaban J connectivity index is 0.0000108. The molecule has 8 aromatic rings. The number of phenolic OH excluding ortho intramolecular Hbond substituents is 2. The van der Waals surface area contributed by atoms with Gasteiger partial charge in [-0.3, -0.25) is 10.1 Å². The van der Waals surface area contributed by atoms with Gasteiger partial charge in [0.1, 0.15) is 94.8 Å². The van der Waals surface area contributed by atoms with Gasteiger partial charge in [-0.15, -0.1) is 31.0 Å². The number of hydrogen-bond acceptors (Lipinski definition) is 35. The number of nitro groups is 1. The summed E-state index contributed by atoms with van der Waals surface area (Å²) in [6, 6.07) is 10.8. The molecule has 0 aliphatic carbocycles. The van der Waals surface area contributed by atoms with Gasteiger partial charge in [0.15, 0.2) is 11.4 Å². The number of nitrogen functional groups attached to an aromatic ring is 1. The minimum Gasteiger partial charge on any atom is -0.745 e. The minimum absolute atomic E-state index is 0. The molecule has 37 nitrogen and oxygen atoms in total. The molecule has 0 radical (unpaired) electrons. The number of fused-ring (bicyclic) bond motifs is 2. The van der Waals surface area contributed by atoms with Gasteiger partial charge in [0.2, 0.25) is 5.88 Å². The first-order chi connectivity index (χ1) is 39.7. The van der Waals surface area contributed by atoms with E-state index in [9.17, 15) is 113 Å². The number of rotatable bonds is 17. The van der Waals surface area contributed by atoms with E-state index in [2.05, 4.69) is 52.1 Å². The molecule has 0 spiro atoms. The van der Waals surface area contributed by atoms with Crippen molar-refractivity contribution in [3.8, 4) is 23.1 Å². The second-order valence-corrected chi connectivity index (χ2v) is 25.1. The number of aromatic hydroxyl groups is 3. The third kappa shape index (κ3) is 19.1. The summed E-state index contributed by atoms with van der Waals surface area (Å²) in [6.07, 6.45) is 0. The van der Waals surface area contributed by atoms with Crippen molar-refractivity contribution >= 4 is 157 Å². The largest absolute Gasteiger partial charge is 1.00 e. The van der Waals surface area contributed by atoms with Gasteiger partial charge in [-0.05, 0) is 66.7 Å². The van der Waals surface area contributed by atoms with E-state index in [1.165, 1.54) is 0 Å². The molecule has 0 aliphatic heterocycles. The summed E-state index contributed by atoms with van der Waals surface area (Å²) >= 11 is 6.22. The van der Waals surface area contributed by atoms with Crippen molar-refractivity contribution in [2.45, 2.75) is 29.4 Å². The number of nitrogens with zero attached hydrogens (tertiary/aromatic N) is 11. The fourth-order valence-electron chi connectivity index (χ4n) is 7.57. The summed E-state index contributed by atoms with van der Waals surface area (Å²) in [7, 11) is -33.9. The summed E-state index contributed by atoms with van der Waals surface area (Å²) in [5.74, 6) is -6.00. The third-order valence-corrected chi connectivity index (χ3v) is 16.8. The molecule has 7 aromatic carbocycles. The number of benzene rings is 7. The van der Waals surface area contributed by atoms with Crippen LogP contribution in [0.5, 0.6) is 17.4 Å². The number of carboxylic acids is 1. The summed E-state index contributed by atoms with van der Waals surface area (Å²) in [5.41, 5.74) is -5.13. The molecule has 1 aromatic heterocycles. The Morgan fingerprint density at radius 1 is 0.532 bits per heavy atom. The van der Waals surface area contributed by atoms with Gasteiger partial charge >= 0.3 is 151 Å². The Morgan fingerprint density at radius 3 is 1.56 bits per heavy atom. The summed E-state index contributed by atoms with van der Waals surface area (Å²) < 4.78 is 222. The number of nitrogens with two attached hydrogens (primary N) is 1. The predicted molar refractivity (Wildman–Crippen MR) is 273 cm³/mol. The fraction of sp³-hybridized carbons (Fsp3) is 0. The number of azo groups is 4. The molecule has 0 fully saturated rings. The topological polar surface area (TPSA) is 630 Å². The molecule has 448 valence electrons. The van der Waals surface area contributed by atoms with Crippen LogP contribution in [-0.2, 0) is 60.7 Å². The van der Waals surface area contributed by atoms with Gasteiger partial charge in [0, 0.05) is 44.9 Å². The number of hydrogen-bond donors (Lipinski definition) is 4. The first-order valence-electron chi connectivity index (χ1n) is 21.7. The van der Waals surface area contributed by atoms with Crippen LogP contribution in [0.25, 0.3) is 27.2 Å². The maximum atomic E-state index is 12.9. The van der Waals surface area contributed by atoms with E-state index < -0.39 is 207 Å². The summed E-state index contributed by atoms with van der Waals surface area (Å²) in [4.78, 5) is 14.1. The molecule has 1 heterocycles. The van der Waals surface area contributed by atoms with Gasteiger partial charge in [0.25, 0.3) is 5.69 Å². The van der Waals surface area contributed by atoms with Gasteiger partial charge < -0.3 is 58.3 Å². The number of non-ortho nitro benzene ring substituents is 1. The van der Waals surface area contributed by atoms with Crippen LogP contribution in [0.15, 0.2) is 155 Å². The number of nitro benzene ring substituents is 1. The fourth-order valence-corrected chi connectivity index (χ4v) is 11.8. The van der Waals surface area contributed by atoms with Crippen molar-refractivity contribution in [2.75, 3.05) is 5.73 Å². The van der Waals surface area contributed by atoms with Crippen LogP contribution < -0.4 is 162 Å². The maximum Gasteiger partial charge on any atom is 1.00 e. The Labute approximate surface area is 629 Å². The van der Waals surface area contributed by atoms with E-state index in [1.54, 1.807) is 0 Å². The number of carbonyl (C=O) groups excluding carboxylic acids is 1. The zero-order chi connectivity index (χ0) is 63.7. The third-order valence-electron chi connectivity index (χ3n) is 11.3. The van der Waals surface area contributed by atoms with E-state index in [0.29, 0.717) is 53.2 Å². The first kappa shape index (κ1) is 89.3. The molecule has 0 saturated heterocycles. The van der Waals surface area contributed by atoms with Gasteiger partial charge in [0.05, 0.1) is 51.8 Å². The summed E-state index contributed by atoms with van der Waals surface area (Å²) in [6.45, 7) is 0. The maximum absolute atomic E-state index is 12.9. The smallest absolute Gasteiger partial charge is 0.745 e. The molecule has 0 saturated carbocycles. The molecule has 0 unspecified atom stereocenters. The Bertz CT molecular complexity index is 5220. The molecule has 0 aliphatic rings. The van der Waals surface area contributed by atoms with E-state index in [1.807, 2.05) is 0 Å². The molecule has 0 bridgehead atoms. The molecule has 8 rings (SSSR count). The molecular weight excluding hydrogens is 1360 g/mol. The quantitative estimate of drug-likeness (QED) is 0.0125. The van der Waals surface area contributed by atoms with Gasteiger partial charge in [-0.1, -0.05) is 17.0 Å². The average Bonchev–Trinajstić information content (AvgIpc) is 0.920. The van der Waals surface area contributed by atoms with E-state index in [-0.39, 0.29) is 163 Å². The van der Waals surface area contributed by atoms with Crippen molar-refractivity contribution in [1.82, 2.24) is 9.78 Å². The number of aromatic nitrogens is 2. The van der Waals surface area contributed by atoms with E-state index in [4.69, 9.17) is 17.3 Å². The average molecular weight is 1380 g/mol. The number of anilines is 1. The second kappa shape index (κ2) is 33.2. The van der Waals surface area contributed by atoms with Crippen molar-refractivity contribution in [3.63, 3.8) is 0 Å². The number of aromatic carboxylic acids is 1. The Hall–Kier alpha value is -4.73. The monoisotopic (exact) mass is 1370 g/mol. The molecule has 94 heavy (non-hydrogen) atoms. The van der Waals surface area contributed by atoms with Crippen molar-refractivity contribution in [1.29, 1.82) is 0 Å². The normalized spacial score (nSPS) is 12.0. The number of halogens is 1. The molecule has 0 atom stereocenters. The Kier molecular flexibility index (Phi) is 31.5. The number of carbonyl (C=O) groups is 1. The van der Waals surface area contributed by atoms with Crippen LogP contribution in [0.1, 0.15) is 10.5 Å². The molecule has 52 heteroatoms. The van der Waals surface area contributed by atoms with Crippen LogP contribution in [-0.4, -0.2) is 114 Å². The first-order valence-corrected chi connectivity index (χ1v) is 30.5. The number of carboxylic acid groups (broad SMARTS) is 1. The standard InChI is InChI=1S/C42H26ClN12O25S6.8Li/c43-23-11-16(12-30(84(72,73)74)34(23)50-52-36-37(42(59)60)53-54(41(36)58)17-1-4-19(5-2-17)81(63,64)65)45-51-35-31(85(75,76)77)14-22-20(38(35)56)6-10-26(40(22)86(78,79)80)48-49-27-15-28(82(66,67)68)21-7-9-25(39(57)32(21)33(27)44)47-46-24-8-3-18(55(61)62)13-29(24)83(69,70)71;;;;;;;;/h1-8,10-15,56-58H,44H2,(H,59,60)(H,63,64,65)(H,66,67,68)(H,69,70,71)(H,72,73,74)(H,75,76,77)(H,78,79,80);;;;;;;;/q-1;8*+1/p-7. The molecule has 0 amide bonds. The van der Waals surface area contributed by atoms with Gasteiger partial charge in [-0.25, -0.2) is 50.5 Å². The van der Waals surface area contributed by atoms with Crippen LogP contribution in [0.3, 0.4) is 0 Å². The van der Waals surface area contributed by atoms with Crippen LogP contribution >= 0.6 is 11.6 Å². The van der Waals surface area contributed by atoms with Crippen LogP contribution in [0.2, 0.25) is 5.02 Å². The predicted octanol–water partition coefficient (Wildman–Crippen LogP) is -19.3. The van der Waals surface area contributed by atoms with Crippen LogP contribution in [0.4, 0.5) is 56.9 Å². The molecule has 5 N–H and O–H groups in total. The van der Waals surface area contributed by atoms with Crippen molar-refractivity contribution < 1.29 is 259 Å². The number of phenols is 2. The van der Waals surface area contributed by atoms with Gasteiger partial charge in [-0.2, -0.15) is 37.3 Å². The van der Waals surface area contributed by atoms with Crippen molar-refractivity contribution in [2.24, 2.45) is 40.9 Å². The Morgan fingerprint density at radius 2 is 1.04 bits per heavy atom. The zero-order valence-electron chi connectivity index (χ0n) is 48.7. The zero-order valence-corrected chi connectivity index (χ0v) is 54.4. The van der Waals surface area contributed by atoms with E-state index in [0.717, 1.165) is 30.3 Å². The van der Waals surface area contributed by atoms with E-state index >= 15 is 0 Å². The molecular formula is C42H19ClLi8N12O25S6. The van der Waals surface area contributed by atoms with Crippen LogP contribution in [0, 0.1) is 16.2 Å².